The van der Waals surface area contributed by atoms with Gasteiger partial charge in [0, 0.05) is 31.0 Å². The summed E-state index contributed by atoms with van der Waals surface area (Å²) in [4.78, 5) is 13.4. The fourth-order valence-electron chi connectivity index (χ4n) is 3.36. The molecule has 1 aliphatic carbocycles. The molecule has 1 unspecified atom stereocenters. The smallest absolute Gasteiger partial charge is 0.224 e. The lowest BCUT2D eigenvalue weighted by Crippen LogP contribution is -2.24. The van der Waals surface area contributed by atoms with Crippen LogP contribution in [0.1, 0.15) is 45.4 Å². The van der Waals surface area contributed by atoms with E-state index in [9.17, 15) is 8.78 Å². The summed E-state index contributed by atoms with van der Waals surface area (Å²) in [5, 5.41) is 6.49. The molecule has 0 saturated heterocycles. The number of nitrogens with zero attached hydrogens (tertiary/aromatic N) is 3. The van der Waals surface area contributed by atoms with Crippen LogP contribution in [0.25, 0.3) is 11.3 Å². The summed E-state index contributed by atoms with van der Waals surface area (Å²) in [6.07, 6.45) is 8.60. The van der Waals surface area contributed by atoms with Crippen LogP contribution in [0.15, 0.2) is 24.5 Å². The zero-order valence-corrected chi connectivity index (χ0v) is 16.8. The highest BCUT2D eigenvalue weighted by molar-refractivity contribution is 5.73. The predicted molar refractivity (Wildman–Crippen MR) is 111 cm³/mol. The molecule has 3 rings (SSSR count). The number of rotatable bonds is 10. The van der Waals surface area contributed by atoms with Crippen molar-refractivity contribution >= 4 is 11.8 Å². The Bertz CT molecular complexity index is 770. The number of halogens is 2. The molecule has 2 heterocycles. The Labute approximate surface area is 170 Å². The highest BCUT2D eigenvalue weighted by Gasteiger charge is 2.18. The molecular formula is C21H29F2N5O. The Morgan fingerprint density at radius 2 is 2.07 bits per heavy atom. The van der Waals surface area contributed by atoms with Crippen molar-refractivity contribution in [1.29, 1.82) is 0 Å². The van der Waals surface area contributed by atoms with Crippen LogP contribution in [0, 0.1) is 0 Å². The van der Waals surface area contributed by atoms with Gasteiger partial charge in [-0.15, -0.1) is 0 Å². The Morgan fingerprint density at radius 3 is 2.83 bits per heavy atom. The minimum absolute atomic E-state index is 0.00216. The van der Waals surface area contributed by atoms with Gasteiger partial charge in [-0.05, 0) is 25.3 Å². The number of anilines is 2. The van der Waals surface area contributed by atoms with Crippen molar-refractivity contribution in [3.63, 3.8) is 0 Å². The second-order valence-electron chi connectivity index (χ2n) is 7.24. The quantitative estimate of drug-likeness (QED) is 0.592. The largest absolute Gasteiger partial charge is 0.491 e. The molecule has 2 N–H and O–H groups in total. The van der Waals surface area contributed by atoms with E-state index in [0.717, 1.165) is 18.4 Å². The van der Waals surface area contributed by atoms with E-state index in [1.807, 2.05) is 0 Å². The van der Waals surface area contributed by atoms with Crippen molar-refractivity contribution in [2.24, 2.45) is 0 Å². The van der Waals surface area contributed by atoms with Gasteiger partial charge in [0.15, 0.2) is 0 Å². The van der Waals surface area contributed by atoms with Crippen LogP contribution in [-0.4, -0.2) is 47.0 Å². The summed E-state index contributed by atoms with van der Waals surface area (Å²) >= 11 is 0. The molecule has 0 radical (unpaired) electrons. The van der Waals surface area contributed by atoms with E-state index in [2.05, 4.69) is 25.6 Å². The van der Waals surface area contributed by atoms with Gasteiger partial charge in [0.25, 0.3) is 0 Å². The SMILES string of the molecule is CCC(F)CNc1ncc(-c2cc(OCCF)ccn2)c(NC2CCCCC2)n1. The van der Waals surface area contributed by atoms with Gasteiger partial charge in [0.2, 0.25) is 5.95 Å². The first-order valence-corrected chi connectivity index (χ1v) is 10.4. The molecule has 0 amide bonds. The molecule has 0 bridgehead atoms. The lowest BCUT2D eigenvalue weighted by molar-refractivity contribution is 0.273. The molecule has 1 saturated carbocycles. The first kappa shape index (κ1) is 21.2. The van der Waals surface area contributed by atoms with Crippen LogP contribution in [-0.2, 0) is 0 Å². The molecule has 0 spiro atoms. The molecule has 0 aromatic carbocycles. The van der Waals surface area contributed by atoms with Crippen LogP contribution >= 0.6 is 0 Å². The molecule has 0 aliphatic heterocycles. The third-order valence-corrected chi connectivity index (χ3v) is 5.01. The second kappa shape index (κ2) is 10.9. The van der Waals surface area contributed by atoms with Crippen molar-refractivity contribution in [3.8, 4) is 17.0 Å². The second-order valence-corrected chi connectivity index (χ2v) is 7.24. The van der Waals surface area contributed by atoms with Gasteiger partial charge in [0.05, 0.1) is 11.3 Å². The van der Waals surface area contributed by atoms with Crippen LogP contribution in [0.4, 0.5) is 20.5 Å². The number of hydrogen-bond donors (Lipinski definition) is 2. The number of pyridine rings is 1. The monoisotopic (exact) mass is 405 g/mol. The van der Waals surface area contributed by atoms with E-state index in [1.54, 1.807) is 31.5 Å². The Morgan fingerprint density at radius 1 is 1.24 bits per heavy atom. The zero-order chi connectivity index (χ0) is 20.5. The van der Waals surface area contributed by atoms with Gasteiger partial charge in [-0.25, -0.2) is 13.8 Å². The van der Waals surface area contributed by atoms with Gasteiger partial charge in [-0.1, -0.05) is 26.2 Å². The summed E-state index contributed by atoms with van der Waals surface area (Å²) in [7, 11) is 0. The Hall–Kier alpha value is -2.51. The van der Waals surface area contributed by atoms with Gasteiger partial charge in [0.1, 0.15) is 31.0 Å². The Balaban J connectivity index is 1.85. The van der Waals surface area contributed by atoms with E-state index < -0.39 is 12.8 Å². The first-order valence-electron chi connectivity index (χ1n) is 10.4. The van der Waals surface area contributed by atoms with E-state index in [-0.39, 0.29) is 13.2 Å². The van der Waals surface area contributed by atoms with Crippen LogP contribution < -0.4 is 15.4 Å². The molecule has 2 aromatic rings. The van der Waals surface area contributed by atoms with Crippen molar-refractivity contribution in [2.75, 3.05) is 30.5 Å². The van der Waals surface area contributed by atoms with Gasteiger partial charge in [-0.2, -0.15) is 4.98 Å². The van der Waals surface area contributed by atoms with Crippen LogP contribution in [0.5, 0.6) is 5.75 Å². The van der Waals surface area contributed by atoms with Crippen LogP contribution in [0.2, 0.25) is 0 Å². The maximum absolute atomic E-state index is 13.6. The molecule has 1 fully saturated rings. The number of alkyl halides is 2. The molecule has 158 valence electrons. The highest BCUT2D eigenvalue weighted by atomic mass is 19.1. The molecule has 2 aromatic heterocycles. The number of nitrogens with one attached hydrogen (secondary N) is 2. The normalized spacial score (nSPS) is 15.7. The third kappa shape index (κ3) is 6.24. The minimum Gasteiger partial charge on any atom is -0.491 e. The number of ether oxygens (including phenoxy) is 1. The zero-order valence-electron chi connectivity index (χ0n) is 16.8. The van der Waals surface area contributed by atoms with Crippen molar-refractivity contribution in [3.05, 3.63) is 24.5 Å². The lowest BCUT2D eigenvalue weighted by Gasteiger charge is -2.24. The summed E-state index contributed by atoms with van der Waals surface area (Å²) in [6.45, 7) is 1.42. The number of aromatic nitrogens is 3. The average Bonchev–Trinajstić information content (AvgIpc) is 2.77. The summed E-state index contributed by atoms with van der Waals surface area (Å²) in [5.41, 5.74) is 1.38. The van der Waals surface area contributed by atoms with Crippen molar-refractivity contribution < 1.29 is 13.5 Å². The predicted octanol–water partition coefficient (Wildman–Crippen LogP) is 4.79. The molecule has 6 nitrogen and oxygen atoms in total. The van der Waals surface area contributed by atoms with Gasteiger partial charge >= 0.3 is 0 Å². The molecule has 8 heteroatoms. The molecule has 29 heavy (non-hydrogen) atoms. The fraction of sp³-hybridized carbons (Fsp3) is 0.571. The third-order valence-electron chi connectivity index (χ3n) is 5.01. The van der Waals surface area contributed by atoms with E-state index in [1.165, 1.54) is 19.3 Å². The standard InChI is InChI=1S/C21H29F2N5O/c1-2-15(23)13-25-21-26-14-18(19-12-17(8-10-24-19)29-11-9-22)20(28-21)27-16-6-4-3-5-7-16/h8,10,12,14-16H,2-7,9,11,13H2,1H3,(H2,25,26,27,28). The Kier molecular flexibility index (Phi) is 7.95. The summed E-state index contributed by atoms with van der Waals surface area (Å²) < 4.78 is 31.4. The van der Waals surface area contributed by atoms with Gasteiger partial charge in [-0.3, -0.25) is 4.98 Å². The fourth-order valence-corrected chi connectivity index (χ4v) is 3.36. The van der Waals surface area contributed by atoms with Gasteiger partial charge < -0.3 is 15.4 Å². The van der Waals surface area contributed by atoms with Crippen LogP contribution in [0.3, 0.4) is 0 Å². The maximum Gasteiger partial charge on any atom is 0.224 e. The topological polar surface area (TPSA) is 72.0 Å². The lowest BCUT2D eigenvalue weighted by atomic mass is 9.95. The highest BCUT2D eigenvalue weighted by Crippen LogP contribution is 2.30. The maximum atomic E-state index is 13.6. The van der Waals surface area contributed by atoms with E-state index >= 15 is 0 Å². The summed E-state index contributed by atoms with van der Waals surface area (Å²) in [6, 6.07) is 3.78. The van der Waals surface area contributed by atoms with Crippen molar-refractivity contribution in [2.45, 2.75) is 57.7 Å². The average molecular weight is 405 g/mol. The molecule has 1 atom stereocenters. The van der Waals surface area contributed by atoms with Crippen molar-refractivity contribution in [1.82, 2.24) is 15.0 Å². The molecular weight excluding hydrogens is 376 g/mol. The minimum atomic E-state index is -0.945. The van der Waals surface area contributed by atoms with E-state index in [0.29, 0.717) is 35.7 Å². The van der Waals surface area contributed by atoms with E-state index in [4.69, 9.17) is 4.74 Å². The first-order chi connectivity index (χ1) is 14.2. The molecule has 1 aliphatic rings. The summed E-state index contributed by atoms with van der Waals surface area (Å²) in [5.74, 6) is 1.59. The number of hydrogen-bond acceptors (Lipinski definition) is 6.